The molecule has 2 N–H and O–H groups in total. The van der Waals surface area contributed by atoms with E-state index in [2.05, 4.69) is 25.5 Å². The number of nitrogens with zero attached hydrogens (tertiary/aromatic N) is 5. The first-order chi connectivity index (χ1) is 15.5. The van der Waals surface area contributed by atoms with Gasteiger partial charge in [0.05, 0.1) is 11.9 Å². The molecule has 0 aliphatic heterocycles. The highest BCUT2D eigenvalue weighted by molar-refractivity contribution is 5.96. The molecule has 32 heavy (non-hydrogen) atoms. The number of aromatic amines is 1. The Kier molecular flexibility index (Phi) is 5.12. The van der Waals surface area contributed by atoms with Crippen LogP contribution in [0, 0.1) is 11.6 Å². The molecule has 0 bridgehead atoms. The van der Waals surface area contributed by atoms with Crippen LogP contribution in [-0.2, 0) is 13.0 Å². The first-order valence-electron chi connectivity index (χ1n) is 10.5. The summed E-state index contributed by atoms with van der Waals surface area (Å²) < 4.78 is 29.6. The van der Waals surface area contributed by atoms with E-state index in [9.17, 15) is 13.6 Å². The number of carboxylic acids is 1. The van der Waals surface area contributed by atoms with Crippen LogP contribution in [0.25, 0.3) is 22.2 Å². The average Bonchev–Trinajstić information content (AvgIpc) is 3.38. The Bertz CT molecular complexity index is 1310. The lowest BCUT2D eigenvalue weighted by molar-refractivity contribution is 0.0690. The molecule has 1 aliphatic carbocycles. The van der Waals surface area contributed by atoms with Crippen LogP contribution in [0.3, 0.4) is 0 Å². The Hall–Kier alpha value is -3.69. The molecule has 3 heterocycles. The van der Waals surface area contributed by atoms with Crippen molar-refractivity contribution >= 4 is 17.0 Å². The Labute approximate surface area is 181 Å². The maximum absolute atomic E-state index is 14.6. The van der Waals surface area contributed by atoms with Crippen molar-refractivity contribution in [1.29, 1.82) is 0 Å². The number of nitrogens with one attached hydrogen (secondary N) is 1. The fourth-order valence-electron chi connectivity index (χ4n) is 3.92. The van der Waals surface area contributed by atoms with E-state index in [0.29, 0.717) is 30.1 Å². The third-order valence-electron chi connectivity index (χ3n) is 5.65. The van der Waals surface area contributed by atoms with Gasteiger partial charge in [0.25, 0.3) is 0 Å². The van der Waals surface area contributed by atoms with Crippen LogP contribution in [0.2, 0.25) is 0 Å². The Balaban J connectivity index is 1.36. The van der Waals surface area contributed by atoms with E-state index in [-0.39, 0.29) is 5.69 Å². The second kappa shape index (κ2) is 8.10. The summed E-state index contributed by atoms with van der Waals surface area (Å²) in [6.07, 6.45) is 5.63. The number of fused-ring (bicyclic) bond motifs is 1. The molecule has 0 amide bonds. The highest BCUT2D eigenvalue weighted by Gasteiger charge is 2.31. The van der Waals surface area contributed by atoms with Crippen molar-refractivity contribution in [2.45, 2.75) is 44.6 Å². The zero-order chi connectivity index (χ0) is 22.2. The van der Waals surface area contributed by atoms with Gasteiger partial charge in [-0.2, -0.15) is 5.10 Å². The standard InChI is InChI=1S/C22H20F2N6O2/c23-13-6-7-15(17(24)9-13)19-16-10-14(26-28-21(16)25-20(19)12-4-5-12)3-1-2-8-30-11-18(22(31)32)27-29-30/h6-7,9-12H,1-5,8H2,(H,25,28)(H,31,32). The van der Waals surface area contributed by atoms with Crippen LogP contribution >= 0.6 is 0 Å². The lowest BCUT2D eigenvalue weighted by Gasteiger charge is -2.07. The smallest absolute Gasteiger partial charge is 0.358 e. The van der Waals surface area contributed by atoms with Crippen molar-refractivity contribution in [2.24, 2.45) is 0 Å². The number of aromatic nitrogens is 6. The number of aromatic carboxylic acids is 1. The van der Waals surface area contributed by atoms with Crippen LogP contribution in [0.5, 0.6) is 0 Å². The fourth-order valence-corrected chi connectivity index (χ4v) is 3.92. The van der Waals surface area contributed by atoms with Gasteiger partial charge < -0.3 is 10.1 Å². The number of benzene rings is 1. The highest BCUT2D eigenvalue weighted by atomic mass is 19.1. The summed E-state index contributed by atoms with van der Waals surface area (Å²) in [6.45, 7) is 0.540. The van der Waals surface area contributed by atoms with Crippen LogP contribution < -0.4 is 0 Å². The first-order valence-corrected chi connectivity index (χ1v) is 10.5. The summed E-state index contributed by atoms with van der Waals surface area (Å²) in [6, 6.07) is 5.56. The first kappa shape index (κ1) is 20.2. The van der Waals surface area contributed by atoms with Crippen LogP contribution in [-0.4, -0.2) is 41.3 Å². The van der Waals surface area contributed by atoms with Gasteiger partial charge in [-0.1, -0.05) is 5.21 Å². The molecule has 0 spiro atoms. The number of halogens is 2. The van der Waals surface area contributed by atoms with Crippen molar-refractivity contribution in [1.82, 2.24) is 30.2 Å². The molecule has 1 aromatic carbocycles. The summed E-state index contributed by atoms with van der Waals surface area (Å²) >= 11 is 0. The van der Waals surface area contributed by atoms with Crippen molar-refractivity contribution < 1.29 is 18.7 Å². The van der Waals surface area contributed by atoms with Crippen LogP contribution in [0.4, 0.5) is 8.78 Å². The predicted molar refractivity (Wildman–Crippen MR) is 111 cm³/mol. The number of unbranched alkanes of at least 4 members (excludes halogenated alkanes) is 1. The third kappa shape index (κ3) is 3.95. The molecule has 1 saturated carbocycles. The second-order valence-electron chi connectivity index (χ2n) is 8.04. The van der Waals surface area contributed by atoms with Gasteiger partial charge in [0.1, 0.15) is 11.6 Å². The number of carboxylic acid groups (broad SMARTS) is 1. The molecule has 5 rings (SSSR count). The topological polar surface area (TPSA) is 110 Å². The van der Waals surface area contributed by atoms with E-state index in [4.69, 9.17) is 5.11 Å². The third-order valence-corrected chi connectivity index (χ3v) is 5.65. The quantitative estimate of drug-likeness (QED) is 0.401. The van der Waals surface area contributed by atoms with E-state index >= 15 is 0 Å². The van der Waals surface area contributed by atoms with Gasteiger partial charge in [-0.05, 0) is 56.2 Å². The zero-order valence-electron chi connectivity index (χ0n) is 17.1. The molecule has 10 heteroatoms. The summed E-state index contributed by atoms with van der Waals surface area (Å²) in [4.78, 5) is 14.2. The summed E-state index contributed by atoms with van der Waals surface area (Å²) in [5.41, 5.74) is 3.31. The van der Waals surface area contributed by atoms with Gasteiger partial charge >= 0.3 is 5.97 Å². The summed E-state index contributed by atoms with van der Waals surface area (Å²) in [7, 11) is 0. The number of hydrogen-bond acceptors (Lipinski definition) is 5. The number of hydrogen-bond donors (Lipinski definition) is 2. The van der Waals surface area contributed by atoms with Crippen LogP contribution in [0.1, 0.15) is 53.5 Å². The maximum Gasteiger partial charge on any atom is 0.358 e. The molecule has 8 nitrogen and oxygen atoms in total. The SMILES string of the molecule is O=C(O)c1cn(CCCCc2cc3c(-c4ccc(F)cc4F)c(C4CC4)[nH]c3nn2)nn1. The number of carbonyl (C=O) groups is 1. The number of H-pyrrole nitrogens is 1. The Morgan fingerprint density at radius 1 is 1.16 bits per heavy atom. The Morgan fingerprint density at radius 3 is 2.72 bits per heavy atom. The van der Waals surface area contributed by atoms with E-state index < -0.39 is 17.6 Å². The normalized spacial score (nSPS) is 13.7. The maximum atomic E-state index is 14.6. The molecular weight excluding hydrogens is 418 g/mol. The van der Waals surface area contributed by atoms with Crippen LogP contribution in [0.15, 0.2) is 30.5 Å². The van der Waals surface area contributed by atoms with Gasteiger partial charge in [-0.15, -0.1) is 10.2 Å². The average molecular weight is 438 g/mol. The lowest BCUT2D eigenvalue weighted by atomic mass is 9.99. The highest BCUT2D eigenvalue weighted by Crippen LogP contribution is 2.47. The number of rotatable bonds is 8. The molecule has 0 saturated heterocycles. The van der Waals surface area contributed by atoms with Crippen molar-refractivity contribution in [3.8, 4) is 11.1 Å². The molecule has 1 fully saturated rings. The van der Waals surface area contributed by atoms with Gasteiger partial charge in [0.15, 0.2) is 11.3 Å². The monoisotopic (exact) mass is 438 g/mol. The largest absolute Gasteiger partial charge is 0.476 e. The van der Waals surface area contributed by atoms with E-state index in [1.54, 1.807) is 0 Å². The second-order valence-corrected chi connectivity index (χ2v) is 8.04. The zero-order valence-corrected chi connectivity index (χ0v) is 17.1. The predicted octanol–water partition coefficient (Wildman–Crippen LogP) is 4.09. The molecule has 1 aliphatic rings. The molecule has 164 valence electrons. The summed E-state index contributed by atoms with van der Waals surface area (Å²) in [5.74, 6) is -1.99. The Morgan fingerprint density at radius 2 is 2.00 bits per heavy atom. The summed E-state index contributed by atoms with van der Waals surface area (Å²) in [5, 5.41) is 25.7. The van der Waals surface area contributed by atoms with Gasteiger partial charge in [-0.3, -0.25) is 4.68 Å². The lowest BCUT2D eigenvalue weighted by Crippen LogP contribution is -2.01. The van der Waals surface area contributed by atoms with Crippen molar-refractivity contribution in [3.63, 3.8) is 0 Å². The molecule has 3 aromatic heterocycles. The van der Waals surface area contributed by atoms with Crippen molar-refractivity contribution in [3.05, 3.63) is 59.2 Å². The molecular formula is C22H20F2N6O2. The fraction of sp³-hybridized carbons (Fsp3) is 0.318. The molecule has 0 atom stereocenters. The van der Waals surface area contributed by atoms with Gasteiger partial charge in [-0.25, -0.2) is 13.6 Å². The van der Waals surface area contributed by atoms with E-state index in [0.717, 1.165) is 54.1 Å². The van der Waals surface area contributed by atoms with E-state index in [1.165, 1.54) is 23.0 Å². The minimum absolute atomic E-state index is 0.0826. The van der Waals surface area contributed by atoms with Gasteiger partial charge in [0, 0.05) is 34.8 Å². The number of aryl methyl sites for hydroxylation is 2. The molecule has 0 unspecified atom stereocenters. The molecule has 4 aromatic rings. The molecule has 0 radical (unpaired) electrons. The van der Waals surface area contributed by atoms with E-state index in [1.807, 2.05) is 6.07 Å². The van der Waals surface area contributed by atoms with Crippen molar-refractivity contribution in [2.75, 3.05) is 0 Å². The minimum Gasteiger partial charge on any atom is -0.476 e. The van der Waals surface area contributed by atoms with Gasteiger partial charge in [0.2, 0.25) is 0 Å². The minimum atomic E-state index is -1.11.